The number of carbonyl (C=O) groups is 1. The molecule has 1 saturated carbocycles. The van der Waals surface area contributed by atoms with Crippen LogP contribution >= 0.6 is 0 Å². The quantitative estimate of drug-likeness (QED) is 0.743. The first kappa shape index (κ1) is 23.0. The molecular formula is C24H33N3O4S. The molecule has 1 saturated heterocycles. The molecule has 2 atom stereocenters. The Kier molecular flexibility index (Phi) is 6.45. The predicted molar refractivity (Wildman–Crippen MR) is 125 cm³/mol. The second-order valence-corrected chi connectivity index (χ2v) is 11.5. The minimum Gasteiger partial charge on any atom is -0.349 e. The fraction of sp³-hybridized carbons (Fsp3) is 0.583. The largest absolute Gasteiger partial charge is 0.349 e. The first-order valence-electron chi connectivity index (χ1n) is 11.7. The summed E-state index contributed by atoms with van der Waals surface area (Å²) in [5.41, 5.74) is 0.285. The average molecular weight is 460 g/mol. The van der Waals surface area contributed by atoms with E-state index in [1.165, 1.54) is 10.4 Å². The van der Waals surface area contributed by atoms with Crippen LogP contribution in [0, 0.1) is 11.8 Å². The highest BCUT2D eigenvalue weighted by molar-refractivity contribution is 7.89. The summed E-state index contributed by atoms with van der Waals surface area (Å²) in [5.74, 6) is 0.201. The molecule has 1 N–H and O–H groups in total. The summed E-state index contributed by atoms with van der Waals surface area (Å²) in [4.78, 5) is 26.3. The maximum atomic E-state index is 13.4. The van der Waals surface area contributed by atoms with E-state index in [0.717, 1.165) is 32.1 Å². The molecule has 1 aliphatic carbocycles. The lowest BCUT2D eigenvalue weighted by Crippen LogP contribution is -2.42. The monoisotopic (exact) mass is 459 g/mol. The SMILES string of the molecule is CCn1cc(C(=O)NC2CCCC2)c(=O)c2cc(S(=O)(=O)N3CC(C)CC(C)C3)ccc21. The van der Waals surface area contributed by atoms with Gasteiger partial charge in [-0.25, -0.2) is 8.42 Å². The Balaban J connectivity index is 1.76. The number of nitrogens with zero attached hydrogens (tertiary/aromatic N) is 2. The van der Waals surface area contributed by atoms with Crippen LogP contribution in [0.25, 0.3) is 10.9 Å². The number of fused-ring (bicyclic) bond motifs is 1. The van der Waals surface area contributed by atoms with Gasteiger partial charge in [0.05, 0.1) is 10.4 Å². The molecule has 7 nitrogen and oxygen atoms in total. The van der Waals surface area contributed by atoms with Crippen molar-refractivity contribution in [2.75, 3.05) is 13.1 Å². The number of hydrogen-bond donors (Lipinski definition) is 1. The number of aromatic nitrogens is 1. The third kappa shape index (κ3) is 4.35. The van der Waals surface area contributed by atoms with Gasteiger partial charge in [0.25, 0.3) is 5.91 Å². The van der Waals surface area contributed by atoms with Crippen molar-refractivity contribution in [1.29, 1.82) is 0 Å². The zero-order chi connectivity index (χ0) is 23.0. The lowest BCUT2D eigenvalue weighted by Gasteiger charge is -2.34. The van der Waals surface area contributed by atoms with Crippen LogP contribution < -0.4 is 10.7 Å². The lowest BCUT2D eigenvalue weighted by atomic mass is 9.94. The predicted octanol–water partition coefficient (Wildman–Crippen LogP) is 3.36. The molecule has 0 radical (unpaired) electrons. The Morgan fingerprint density at radius 3 is 2.41 bits per heavy atom. The van der Waals surface area contributed by atoms with Crippen molar-refractivity contribution >= 4 is 26.8 Å². The molecule has 1 aromatic carbocycles. The average Bonchev–Trinajstić information content (AvgIpc) is 3.26. The van der Waals surface area contributed by atoms with Gasteiger partial charge in [0.15, 0.2) is 0 Å². The van der Waals surface area contributed by atoms with Gasteiger partial charge in [0, 0.05) is 37.3 Å². The van der Waals surface area contributed by atoms with Gasteiger partial charge >= 0.3 is 0 Å². The first-order chi connectivity index (χ1) is 15.2. The van der Waals surface area contributed by atoms with E-state index in [0.29, 0.717) is 25.2 Å². The zero-order valence-corrected chi connectivity index (χ0v) is 20.0. The second-order valence-electron chi connectivity index (χ2n) is 9.56. The van der Waals surface area contributed by atoms with Crippen LogP contribution in [0.5, 0.6) is 0 Å². The van der Waals surface area contributed by atoms with Crippen molar-refractivity contribution in [2.24, 2.45) is 11.8 Å². The molecule has 4 rings (SSSR count). The van der Waals surface area contributed by atoms with E-state index < -0.39 is 15.5 Å². The Morgan fingerprint density at radius 1 is 1.12 bits per heavy atom. The van der Waals surface area contributed by atoms with Crippen molar-refractivity contribution in [3.05, 3.63) is 40.2 Å². The summed E-state index contributed by atoms with van der Waals surface area (Å²) in [6.07, 6.45) is 6.61. The molecule has 2 aliphatic rings. The number of carbonyl (C=O) groups excluding carboxylic acids is 1. The highest BCUT2D eigenvalue weighted by Gasteiger charge is 2.32. The van der Waals surface area contributed by atoms with Gasteiger partial charge < -0.3 is 9.88 Å². The number of amides is 1. The van der Waals surface area contributed by atoms with Gasteiger partial charge in [0.1, 0.15) is 5.56 Å². The van der Waals surface area contributed by atoms with E-state index in [1.807, 2.05) is 11.5 Å². The maximum Gasteiger partial charge on any atom is 0.256 e. The maximum absolute atomic E-state index is 13.4. The number of sulfonamides is 1. The number of nitrogens with one attached hydrogen (secondary N) is 1. The van der Waals surface area contributed by atoms with Crippen molar-refractivity contribution in [2.45, 2.75) is 70.4 Å². The summed E-state index contributed by atoms with van der Waals surface area (Å²) in [7, 11) is -3.72. The Hall–Kier alpha value is -2.19. The summed E-state index contributed by atoms with van der Waals surface area (Å²) in [6, 6.07) is 4.81. The lowest BCUT2D eigenvalue weighted by molar-refractivity contribution is 0.0936. The van der Waals surface area contributed by atoms with Crippen LogP contribution in [-0.4, -0.2) is 42.3 Å². The van der Waals surface area contributed by atoms with Gasteiger partial charge in [-0.05, 0) is 56.2 Å². The van der Waals surface area contributed by atoms with Crippen LogP contribution in [0.2, 0.25) is 0 Å². The van der Waals surface area contributed by atoms with Crippen LogP contribution in [-0.2, 0) is 16.6 Å². The van der Waals surface area contributed by atoms with Crippen molar-refractivity contribution in [3.63, 3.8) is 0 Å². The van der Waals surface area contributed by atoms with Crippen molar-refractivity contribution in [3.8, 4) is 0 Å². The Labute approximate surface area is 189 Å². The summed E-state index contributed by atoms with van der Waals surface area (Å²) in [5, 5.41) is 3.25. The first-order valence-corrected chi connectivity index (χ1v) is 13.1. The molecule has 8 heteroatoms. The van der Waals surface area contributed by atoms with Crippen LogP contribution in [0.3, 0.4) is 0 Å². The molecule has 2 heterocycles. The number of benzene rings is 1. The van der Waals surface area contributed by atoms with Crippen molar-refractivity contribution < 1.29 is 13.2 Å². The Bertz CT molecular complexity index is 1170. The minimum atomic E-state index is -3.72. The normalized spacial score (nSPS) is 23.0. The summed E-state index contributed by atoms with van der Waals surface area (Å²) >= 11 is 0. The minimum absolute atomic E-state index is 0.0704. The highest BCUT2D eigenvalue weighted by Crippen LogP contribution is 2.28. The number of piperidine rings is 1. The van der Waals surface area contributed by atoms with E-state index >= 15 is 0 Å². The van der Waals surface area contributed by atoms with E-state index in [-0.39, 0.29) is 39.6 Å². The summed E-state index contributed by atoms with van der Waals surface area (Å²) < 4.78 is 30.1. The van der Waals surface area contributed by atoms with Gasteiger partial charge in [-0.15, -0.1) is 0 Å². The second kappa shape index (κ2) is 8.98. The number of hydrogen-bond acceptors (Lipinski definition) is 4. The summed E-state index contributed by atoms with van der Waals surface area (Å²) in [6.45, 7) is 7.58. The van der Waals surface area contributed by atoms with Gasteiger partial charge in [-0.3, -0.25) is 9.59 Å². The van der Waals surface area contributed by atoms with Crippen LogP contribution in [0.1, 0.15) is 63.2 Å². The van der Waals surface area contributed by atoms with Gasteiger partial charge in [-0.1, -0.05) is 26.7 Å². The Morgan fingerprint density at radius 2 is 1.78 bits per heavy atom. The molecule has 1 amide bonds. The molecule has 32 heavy (non-hydrogen) atoms. The standard InChI is InChI=1S/C24H33N3O4S/c1-4-26-15-21(24(29)25-18-7-5-6-8-18)23(28)20-12-19(9-10-22(20)26)32(30,31)27-13-16(2)11-17(3)14-27/h9-10,12,15-18H,4-8,11,13-14H2,1-3H3,(H,25,29). The van der Waals surface area contributed by atoms with Crippen molar-refractivity contribution in [1.82, 2.24) is 14.2 Å². The molecule has 2 unspecified atom stereocenters. The molecular weight excluding hydrogens is 426 g/mol. The van der Waals surface area contributed by atoms with E-state index in [2.05, 4.69) is 19.2 Å². The third-order valence-corrected chi connectivity index (χ3v) is 8.63. The molecule has 0 bridgehead atoms. The number of pyridine rings is 1. The van der Waals surface area contributed by atoms with Gasteiger partial charge in [-0.2, -0.15) is 4.31 Å². The molecule has 174 valence electrons. The van der Waals surface area contributed by atoms with E-state index in [4.69, 9.17) is 0 Å². The third-order valence-electron chi connectivity index (χ3n) is 6.80. The number of rotatable bonds is 5. The fourth-order valence-corrected chi connectivity index (χ4v) is 6.95. The molecule has 1 aromatic heterocycles. The highest BCUT2D eigenvalue weighted by atomic mass is 32.2. The molecule has 2 aromatic rings. The van der Waals surface area contributed by atoms with Crippen LogP contribution in [0.15, 0.2) is 34.1 Å². The van der Waals surface area contributed by atoms with E-state index in [1.54, 1.807) is 18.3 Å². The zero-order valence-electron chi connectivity index (χ0n) is 19.1. The molecule has 0 spiro atoms. The molecule has 1 aliphatic heterocycles. The van der Waals surface area contributed by atoms with Gasteiger partial charge in [0.2, 0.25) is 15.5 Å². The molecule has 2 fully saturated rings. The number of aryl methyl sites for hydroxylation is 1. The van der Waals surface area contributed by atoms with E-state index in [9.17, 15) is 18.0 Å². The topological polar surface area (TPSA) is 88.5 Å². The van der Waals surface area contributed by atoms with Crippen LogP contribution in [0.4, 0.5) is 0 Å². The fourth-order valence-electron chi connectivity index (χ4n) is 5.24. The smallest absolute Gasteiger partial charge is 0.256 e.